The maximum atomic E-state index is 11.9. The SMILES string of the molecule is COC(=O)c1ccccc1Nc1cnnc(Nc2cc(Cl)ccc2Cl)n1. The smallest absolute Gasteiger partial charge is 0.339 e. The van der Waals surface area contributed by atoms with Crippen molar-refractivity contribution in [3.8, 4) is 0 Å². The van der Waals surface area contributed by atoms with E-state index in [-0.39, 0.29) is 5.95 Å². The molecule has 0 fully saturated rings. The molecule has 1 heterocycles. The van der Waals surface area contributed by atoms with Crippen LogP contribution in [0.5, 0.6) is 0 Å². The lowest BCUT2D eigenvalue weighted by atomic mass is 10.2. The van der Waals surface area contributed by atoms with Gasteiger partial charge in [-0.2, -0.15) is 10.1 Å². The number of anilines is 4. The molecule has 0 aliphatic carbocycles. The topological polar surface area (TPSA) is 89.0 Å². The molecule has 0 radical (unpaired) electrons. The summed E-state index contributed by atoms with van der Waals surface area (Å²) in [6, 6.07) is 11.9. The van der Waals surface area contributed by atoms with Crippen LogP contribution in [0.1, 0.15) is 10.4 Å². The zero-order valence-electron chi connectivity index (χ0n) is 13.5. The second-order valence-corrected chi connectivity index (χ2v) is 5.92. The first-order valence-electron chi connectivity index (χ1n) is 7.43. The van der Waals surface area contributed by atoms with Gasteiger partial charge in [-0.1, -0.05) is 35.3 Å². The zero-order chi connectivity index (χ0) is 18.5. The van der Waals surface area contributed by atoms with Crippen molar-refractivity contribution in [1.29, 1.82) is 0 Å². The average Bonchev–Trinajstić information content (AvgIpc) is 2.65. The number of benzene rings is 2. The van der Waals surface area contributed by atoms with Gasteiger partial charge in [0.2, 0.25) is 5.95 Å². The lowest BCUT2D eigenvalue weighted by Gasteiger charge is -2.11. The minimum atomic E-state index is -0.459. The summed E-state index contributed by atoms with van der Waals surface area (Å²) in [7, 11) is 1.32. The Balaban J connectivity index is 1.85. The quantitative estimate of drug-likeness (QED) is 0.622. The summed E-state index contributed by atoms with van der Waals surface area (Å²) in [6.07, 6.45) is 1.43. The summed E-state index contributed by atoms with van der Waals surface area (Å²) in [5.41, 5.74) is 1.46. The molecule has 2 N–H and O–H groups in total. The first-order valence-corrected chi connectivity index (χ1v) is 8.18. The molecule has 0 aliphatic heterocycles. The summed E-state index contributed by atoms with van der Waals surface area (Å²) in [6.45, 7) is 0. The van der Waals surface area contributed by atoms with E-state index in [1.807, 2.05) is 0 Å². The first-order chi connectivity index (χ1) is 12.6. The highest BCUT2D eigenvalue weighted by molar-refractivity contribution is 6.35. The zero-order valence-corrected chi connectivity index (χ0v) is 15.0. The molecular weight excluding hydrogens is 377 g/mol. The number of para-hydroxylation sites is 1. The summed E-state index contributed by atoms with van der Waals surface area (Å²) >= 11 is 12.1. The summed E-state index contributed by atoms with van der Waals surface area (Å²) in [5.74, 6) is 0.144. The Hall–Kier alpha value is -2.90. The molecule has 9 heteroatoms. The van der Waals surface area contributed by atoms with Gasteiger partial charge in [0.25, 0.3) is 0 Å². The standard InChI is InChI=1S/C17H13Cl2N5O2/c1-26-16(25)11-4-2-3-5-13(11)21-15-9-20-24-17(23-15)22-14-8-10(18)6-7-12(14)19/h2-9H,1H3,(H2,21,22,23,24). The molecule has 3 aromatic rings. The molecule has 7 nitrogen and oxygen atoms in total. The van der Waals surface area contributed by atoms with Crippen LogP contribution in [-0.4, -0.2) is 28.3 Å². The van der Waals surface area contributed by atoms with Crippen LogP contribution in [0.25, 0.3) is 0 Å². The van der Waals surface area contributed by atoms with Crippen molar-refractivity contribution >= 4 is 52.3 Å². The molecule has 0 bridgehead atoms. The van der Waals surface area contributed by atoms with E-state index in [0.717, 1.165) is 0 Å². The van der Waals surface area contributed by atoms with Gasteiger partial charge < -0.3 is 15.4 Å². The molecule has 0 amide bonds. The van der Waals surface area contributed by atoms with Crippen LogP contribution in [-0.2, 0) is 4.74 Å². The fraction of sp³-hybridized carbons (Fsp3) is 0.0588. The number of methoxy groups -OCH3 is 1. The van der Waals surface area contributed by atoms with Crippen molar-refractivity contribution in [2.45, 2.75) is 0 Å². The Bertz CT molecular complexity index is 952. The monoisotopic (exact) mass is 389 g/mol. The van der Waals surface area contributed by atoms with Crippen LogP contribution >= 0.6 is 23.2 Å². The molecule has 0 saturated carbocycles. The average molecular weight is 390 g/mol. The van der Waals surface area contributed by atoms with E-state index in [4.69, 9.17) is 27.9 Å². The number of aromatic nitrogens is 3. The van der Waals surface area contributed by atoms with Crippen molar-refractivity contribution in [1.82, 2.24) is 15.2 Å². The summed E-state index contributed by atoms with van der Waals surface area (Å²) in [5, 5.41) is 14.8. The van der Waals surface area contributed by atoms with E-state index in [2.05, 4.69) is 25.8 Å². The Labute approximate surface area is 159 Å². The minimum absolute atomic E-state index is 0.217. The van der Waals surface area contributed by atoms with Crippen molar-refractivity contribution in [2.24, 2.45) is 0 Å². The third-order valence-electron chi connectivity index (χ3n) is 3.33. The first kappa shape index (κ1) is 17.9. The van der Waals surface area contributed by atoms with E-state index < -0.39 is 5.97 Å². The highest BCUT2D eigenvalue weighted by atomic mass is 35.5. The number of hydrogen-bond donors (Lipinski definition) is 2. The van der Waals surface area contributed by atoms with Gasteiger partial charge in [0.1, 0.15) is 0 Å². The number of rotatable bonds is 5. The minimum Gasteiger partial charge on any atom is -0.465 e. The van der Waals surface area contributed by atoms with E-state index in [1.165, 1.54) is 13.3 Å². The lowest BCUT2D eigenvalue weighted by Crippen LogP contribution is -2.07. The van der Waals surface area contributed by atoms with Crippen molar-refractivity contribution in [2.75, 3.05) is 17.7 Å². The number of nitrogens with zero attached hydrogens (tertiary/aromatic N) is 3. The molecule has 3 rings (SSSR count). The number of carbonyl (C=O) groups excluding carboxylic acids is 1. The van der Waals surface area contributed by atoms with Crippen LogP contribution in [0, 0.1) is 0 Å². The number of esters is 1. The summed E-state index contributed by atoms with van der Waals surface area (Å²) < 4.78 is 4.77. The fourth-order valence-electron chi connectivity index (χ4n) is 2.15. The Morgan fingerprint density at radius 3 is 2.69 bits per heavy atom. The second-order valence-electron chi connectivity index (χ2n) is 5.08. The molecule has 0 unspecified atom stereocenters. The molecule has 0 saturated heterocycles. The number of hydrogen-bond acceptors (Lipinski definition) is 7. The predicted octanol–water partition coefficient (Wildman–Crippen LogP) is 4.45. The summed E-state index contributed by atoms with van der Waals surface area (Å²) in [4.78, 5) is 16.2. The molecule has 0 aliphatic rings. The Morgan fingerprint density at radius 2 is 1.88 bits per heavy atom. The fourth-order valence-corrected chi connectivity index (χ4v) is 2.49. The van der Waals surface area contributed by atoms with Gasteiger partial charge >= 0.3 is 5.97 Å². The van der Waals surface area contributed by atoms with Crippen molar-refractivity contribution in [3.63, 3.8) is 0 Å². The van der Waals surface area contributed by atoms with Gasteiger partial charge in [-0.3, -0.25) is 0 Å². The number of ether oxygens (including phenoxy) is 1. The Kier molecular flexibility index (Phi) is 5.50. The van der Waals surface area contributed by atoms with E-state index in [9.17, 15) is 4.79 Å². The van der Waals surface area contributed by atoms with Crippen LogP contribution in [0.2, 0.25) is 10.0 Å². The molecule has 0 spiro atoms. The molecule has 26 heavy (non-hydrogen) atoms. The highest BCUT2D eigenvalue weighted by Crippen LogP contribution is 2.27. The number of carbonyl (C=O) groups is 1. The van der Waals surface area contributed by atoms with Crippen LogP contribution in [0.4, 0.5) is 23.1 Å². The van der Waals surface area contributed by atoms with Crippen LogP contribution in [0.15, 0.2) is 48.7 Å². The molecule has 132 valence electrons. The second kappa shape index (κ2) is 7.99. The van der Waals surface area contributed by atoms with Gasteiger partial charge in [-0.05, 0) is 30.3 Å². The third-order valence-corrected chi connectivity index (χ3v) is 3.89. The van der Waals surface area contributed by atoms with Gasteiger partial charge in [0.15, 0.2) is 5.82 Å². The molecule has 0 atom stereocenters. The normalized spacial score (nSPS) is 10.3. The predicted molar refractivity (Wildman–Crippen MR) is 101 cm³/mol. The molecule has 1 aromatic heterocycles. The number of halogens is 2. The highest BCUT2D eigenvalue weighted by Gasteiger charge is 2.12. The molecular formula is C17H13Cl2N5O2. The van der Waals surface area contributed by atoms with E-state index >= 15 is 0 Å². The third kappa shape index (κ3) is 4.19. The lowest BCUT2D eigenvalue weighted by molar-refractivity contribution is 0.0602. The molecule has 2 aromatic carbocycles. The van der Waals surface area contributed by atoms with Gasteiger partial charge in [-0.15, -0.1) is 5.10 Å². The van der Waals surface area contributed by atoms with Crippen LogP contribution < -0.4 is 10.6 Å². The largest absolute Gasteiger partial charge is 0.465 e. The van der Waals surface area contributed by atoms with Gasteiger partial charge in [0, 0.05) is 5.02 Å². The Morgan fingerprint density at radius 1 is 1.08 bits per heavy atom. The van der Waals surface area contributed by atoms with Gasteiger partial charge in [-0.25, -0.2) is 4.79 Å². The van der Waals surface area contributed by atoms with Gasteiger partial charge in [0.05, 0.1) is 35.3 Å². The maximum Gasteiger partial charge on any atom is 0.339 e. The number of nitrogens with one attached hydrogen (secondary N) is 2. The van der Waals surface area contributed by atoms with Crippen LogP contribution in [0.3, 0.4) is 0 Å². The van der Waals surface area contributed by atoms with Crippen molar-refractivity contribution in [3.05, 3.63) is 64.3 Å². The van der Waals surface area contributed by atoms with E-state index in [0.29, 0.717) is 32.8 Å². The maximum absolute atomic E-state index is 11.9. The van der Waals surface area contributed by atoms with Crippen molar-refractivity contribution < 1.29 is 9.53 Å². The van der Waals surface area contributed by atoms with E-state index in [1.54, 1.807) is 42.5 Å².